The molecule has 6 nitrogen and oxygen atoms in total. The fourth-order valence-corrected chi connectivity index (χ4v) is 2.54. The van der Waals surface area contributed by atoms with Gasteiger partial charge >= 0.3 is 5.97 Å². The van der Waals surface area contributed by atoms with Crippen molar-refractivity contribution in [3.63, 3.8) is 0 Å². The molecule has 1 heterocycles. The van der Waals surface area contributed by atoms with Gasteiger partial charge in [0.05, 0.1) is 11.3 Å². The van der Waals surface area contributed by atoms with E-state index in [2.05, 4.69) is 15.5 Å². The van der Waals surface area contributed by atoms with Crippen LogP contribution in [0.4, 0.5) is 0 Å². The summed E-state index contributed by atoms with van der Waals surface area (Å²) in [5, 5.41) is 11.4. The number of hydrogen-bond donors (Lipinski definition) is 0. The Bertz CT molecular complexity index is 609. The number of benzene rings is 1. The molecular formula is C13H13ClN4O2. The fraction of sp³-hybridized carbons (Fsp3) is 0.385. The van der Waals surface area contributed by atoms with Gasteiger partial charge in [-0.15, -0.1) is 5.10 Å². The highest BCUT2D eigenvalue weighted by Crippen LogP contribution is 2.25. The molecule has 0 amide bonds. The summed E-state index contributed by atoms with van der Waals surface area (Å²) in [6.45, 7) is 0. The lowest BCUT2D eigenvalue weighted by atomic mass is 10.1. The molecule has 0 spiro atoms. The van der Waals surface area contributed by atoms with Crippen molar-refractivity contribution in [2.75, 3.05) is 0 Å². The molecule has 0 bridgehead atoms. The van der Waals surface area contributed by atoms with Gasteiger partial charge < -0.3 is 4.74 Å². The lowest BCUT2D eigenvalue weighted by molar-refractivity contribution is 0.0318. The summed E-state index contributed by atoms with van der Waals surface area (Å²) in [5.74, 6) is -0.384. The van der Waals surface area contributed by atoms with E-state index in [1.165, 1.54) is 11.0 Å². The maximum atomic E-state index is 12.3. The summed E-state index contributed by atoms with van der Waals surface area (Å²) in [4.78, 5) is 12.3. The second-order valence-corrected chi connectivity index (χ2v) is 5.16. The molecule has 1 aromatic carbocycles. The smallest absolute Gasteiger partial charge is 0.340 e. The van der Waals surface area contributed by atoms with Crippen LogP contribution >= 0.6 is 11.6 Å². The van der Waals surface area contributed by atoms with Crippen molar-refractivity contribution in [3.05, 3.63) is 35.1 Å². The molecular weight excluding hydrogens is 280 g/mol. The highest BCUT2D eigenvalue weighted by atomic mass is 35.5. The summed E-state index contributed by atoms with van der Waals surface area (Å²) in [5.41, 5.74) is 0.930. The third kappa shape index (κ3) is 2.65. The molecule has 0 aliphatic heterocycles. The second-order valence-electron chi connectivity index (χ2n) is 4.73. The van der Waals surface area contributed by atoms with Crippen molar-refractivity contribution in [2.45, 2.75) is 31.8 Å². The van der Waals surface area contributed by atoms with Gasteiger partial charge in [0.2, 0.25) is 0 Å². The molecule has 1 aliphatic rings. The topological polar surface area (TPSA) is 69.9 Å². The average Bonchev–Trinajstić information content (AvgIpc) is 3.11. The van der Waals surface area contributed by atoms with Crippen LogP contribution in [-0.2, 0) is 4.74 Å². The molecule has 2 aromatic rings. The number of halogens is 1. The predicted octanol–water partition coefficient (Wildman–Crippen LogP) is 2.42. The second kappa shape index (κ2) is 5.58. The van der Waals surface area contributed by atoms with Gasteiger partial charge in [0.15, 0.2) is 0 Å². The van der Waals surface area contributed by atoms with Gasteiger partial charge in [-0.3, -0.25) is 0 Å². The van der Waals surface area contributed by atoms with Crippen LogP contribution in [0.25, 0.3) is 5.69 Å². The first kappa shape index (κ1) is 13.1. The fourth-order valence-electron chi connectivity index (χ4n) is 2.36. The summed E-state index contributed by atoms with van der Waals surface area (Å²) in [6, 6.07) is 4.96. The van der Waals surface area contributed by atoms with E-state index < -0.39 is 0 Å². The van der Waals surface area contributed by atoms with Crippen molar-refractivity contribution in [1.29, 1.82) is 0 Å². The standard InChI is InChI=1S/C13H13ClN4O2/c14-9-5-6-12(18-8-15-16-17-18)11(7-9)13(19)20-10-3-1-2-4-10/h5-8,10H,1-4H2. The SMILES string of the molecule is O=C(OC1CCCC1)c1cc(Cl)ccc1-n1cnnn1. The Hall–Kier alpha value is -1.95. The first-order valence-corrected chi connectivity index (χ1v) is 6.86. The number of nitrogens with zero attached hydrogens (tertiary/aromatic N) is 4. The Balaban J connectivity index is 1.90. The van der Waals surface area contributed by atoms with E-state index in [1.807, 2.05) is 0 Å². The van der Waals surface area contributed by atoms with Crippen molar-refractivity contribution in [2.24, 2.45) is 0 Å². The van der Waals surface area contributed by atoms with E-state index >= 15 is 0 Å². The summed E-state index contributed by atoms with van der Waals surface area (Å²) < 4.78 is 6.93. The highest BCUT2D eigenvalue weighted by Gasteiger charge is 2.22. The van der Waals surface area contributed by atoms with Gasteiger partial charge in [-0.2, -0.15) is 4.68 Å². The van der Waals surface area contributed by atoms with Gasteiger partial charge in [-0.1, -0.05) is 11.6 Å². The molecule has 1 saturated carbocycles. The van der Waals surface area contributed by atoms with Crippen LogP contribution in [0, 0.1) is 0 Å². The van der Waals surface area contributed by atoms with Crippen molar-refractivity contribution in [1.82, 2.24) is 20.2 Å². The number of hydrogen-bond acceptors (Lipinski definition) is 5. The van der Waals surface area contributed by atoms with Crippen molar-refractivity contribution < 1.29 is 9.53 Å². The number of esters is 1. The number of aromatic nitrogens is 4. The highest BCUT2D eigenvalue weighted by molar-refractivity contribution is 6.31. The van der Waals surface area contributed by atoms with E-state index in [-0.39, 0.29) is 12.1 Å². The molecule has 0 unspecified atom stereocenters. The number of carbonyl (C=O) groups is 1. The molecule has 20 heavy (non-hydrogen) atoms. The molecule has 1 aliphatic carbocycles. The van der Waals surface area contributed by atoms with Crippen LogP contribution in [0.2, 0.25) is 5.02 Å². The molecule has 0 atom stereocenters. The first-order chi connectivity index (χ1) is 9.74. The van der Waals surface area contributed by atoms with E-state index in [4.69, 9.17) is 16.3 Å². The van der Waals surface area contributed by atoms with Crippen LogP contribution in [0.1, 0.15) is 36.0 Å². The quantitative estimate of drug-likeness (QED) is 0.813. The molecule has 1 aromatic heterocycles. The monoisotopic (exact) mass is 292 g/mol. The zero-order valence-electron chi connectivity index (χ0n) is 10.7. The van der Waals surface area contributed by atoms with Gasteiger partial charge in [0.25, 0.3) is 0 Å². The lowest BCUT2D eigenvalue weighted by Gasteiger charge is -2.13. The zero-order chi connectivity index (χ0) is 13.9. The normalized spacial score (nSPS) is 15.4. The molecule has 0 saturated heterocycles. The van der Waals surface area contributed by atoms with Gasteiger partial charge in [-0.05, 0) is 54.3 Å². The minimum Gasteiger partial charge on any atom is -0.459 e. The van der Waals surface area contributed by atoms with Crippen LogP contribution < -0.4 is 0 Å². The van der Waals surface area contributed by atoms with E-state index in [9.17, 15) is 4.79 Å². The third-order valence-electron chi connectivity index (χ3n) is 3.35. The third-order valence-corrected chi connectivity index (χ3v) is 3.59. The Morgan fingerprint density at radius 2 is 2.15 bits per heavy atom. The number of carbonyl (C=O) groups excluding carboxylic acids is 1. The Kier molecular flexibility index (Phi) is 3.64. The van der Waals surface area contributed by atoms with Gasteiger partial charge in [0, 0.05) is 5.02 Å². The van der Waals surface area contributed by atoms with Crippen LogP contribution in [0.15, 0.2) is 24.5 Å². The van der Waals surface area contributed by atoms with Crippen molar-refractivity contribution in [3.8, 4) is 5.69 Å². The van der Waals surface area contributed by atoms with Gasteiger partial charge in [-0.25, -0.2) is 4.79 Å². The Morgan fingerprint density at radius 3 is 2.85 bits per heavy atom. The average molecular weight is 293 g/mol. The van der Waals surface area contributed by atoms with Crippen molar-refractivity contribution >= 4 is 17.6 Å². The molecule has 1 fully saturated rings. The maximum Gasteiger partial charge on any atom is 0.340 e. The number of rotatable bonds is 3. The molecule has 104 valence electrons. The molecule has 0 N–H and O–H groups in total. The van der Waals surface area contributed by atoms with Gasteiger partial charge in [0.1, 0.15) is 12.4 Å². The lowest BCUT2D eigenvalue weighted by Crippen LogP contribution is -2.17. The number of ether oxygens (including phenoxy) is 1. The minimum absolute atomic E-state index is 0.00297. The zero-order valence-corrected chi connectivity index (χ0v) is 11.5. The predicted molar refractivity (Wildman–Crippen MR) is 71.8 cm³/mol. The van der Waals surface area contributed by atoms with Crippen LogP contribution in [-0.4, -0.2) is 32.3 Å². The maximum absolute atomic E-state index is 12.3. The minimum atomic E-state index is -0.384. The number of tetrazole rings is 1. The van der Waals surface area contributed by atoms with Crippen LogP contribution in [0.3, 0.4) is 0 Å². The summed E-state index contributed by atoms with van der Waals surface area (Å²) >= 11 is 5.97. The summed E-state index contributed by atoms with van der Waals surface area (Å²) in [7, 11) is 0. The summed E-state index contributed by atoms with van der Waals surface area (Å²) in [6.07, 6.45) is 5.48. The Labute approximate surface area is 120 Å². The first-order valence-electron chi connectivity index (χ1n) is 6.48. The van der Waals surface area contributed by atoms with E-state index in [1.54, 1.807) is 18.2 Å². The molecule has 3 rings (SSSR count). The molecule has 7 heteroatoms. The largest absolute Gasteiger partial charge is 0.459 e. The Morgan fingerprint density at radius 1 is 1.35 bits per heavy atom. The van der Waals surface area contributed by atoms with E-state index in [0.29, 0.717) is 16.3 Å². The van der Waals surface area contributed by atoms with Crippen LogP contribution in [0.5, 0.6) is 0 Å². The van der Waals surface area contributed by atoms with E-state index in [0.717, 1.165) is 25.7 Å². The molecule has 0 radical (unpaired) electrons.